The molecule has 2 atom stereocenters. The molecule has 1 aliphatic rings. The van der Waals surface area contributed by atoms with Gasteiger partial charge >= 0.3 is 6.09 Å². The van der Waals surface area contributed by atoms with Crippen LogP contribution in [-0.4, -0.2) is 91.7 Å². The average molecular weight is 533 g/mol. The van der Waals surface area contributed by atoms with Crippen LogP contribution in [0.1, 0.15) is 25.0 Å². The van der Waals surface area contributed by atoms with Crippen LogP contribution < -0.4 is 5.32 Å². The van der Waals surface area contributed by atoms with E-state index in [2.05, 4.69) is 10.2 Å². The number of nitrogens with one attached hydrogen (secondary N) is 1. The van der Waals surface area contributed by atoms with Gasteiger partial charge in [-0.15, -0.1) is 0 Å². The summed E-state index contributed by atoms with van der Waals surface area (Å²) in [5.74, 6) is 0.0529. The molecule has 9 nitrogen and oxygen atoms in total. The maximum absolute atomic E-state index is 13.5. The molecule has 1 fully saturated rings. The molecular weight excluding hydrogens is 492 g/mol. The van der Waals surface area contributed by atoms with Crippen molar-refractivity contribution in [3.63, 3.8) is 0 Å². The molecular formula is C27H40N4O5S. The molecule has 0 aliphatic carbocycles. The van der Waals surface area contributed by atoms with E-state index in [4.69, 9.17) is 4.74 Å². The second-order valence-electron chi connectivity index (χ2n) is 9.96. The van der Waals surface area contributed by atoms with Crippen molar-refractivity contribution in [3.05, 3.63) is 71.8 Å². The number of likely N-dealkylation sites (N-methyl/N-ethyl adjacent to an activating group) is 1. The standard InChI is InChI=1S/C27H40N4O5S/c1-22(2)20-31(37(34,35)30-16-14-29(3)15-17-30)21-25(32)26(18-23-10-6-4-7-11-23)36-27(33)28-19-24-12-8-5-9-13-24/h4-13,22,25-26,32H,14-21H2,1-3H3,(H,28,33)/t25-,26?/m1/s1. The van der Waals surface area contributed by atoms with Crippen molar-refractivity contribution in [2.75, 3.05) is 46.3 Å². The fraction of sp³-hybridized carbons (Fsp3) is 0.519. The molecule has 1 saturated heterocycles. The largest absolute Gasteiger partial charge is 0.443 e. The van der Waals surface area contributed by atoms with Crippen molar-refractivity contribution in [3.8, 4) is 0 Å². The van der Waals surface area contributed by atoms with Crippen LogP contribution in [0.5, 0.6) is 0 Å². The zero-order valence-corrected chi connectivity index (χ0v) is 22.8. The highest BCUT2D eigenvalue weighted by Crippen LogP contribution is 2.18. The fourth-order valence-electron chi connectivity index (χ4n) is 4.23. The van der Waals surface area contributed by atoms with Gasteiger partial charge in [0.1, 0.15) is 12.2 Å². The topological polar surface area (TPSA) is 102 Å². The van der Waals surface area contributed by atoms with Crippen LogP contribution in [0.15, 0.2) is 60.7 Å². The van der Waals surface area contributed by atoms with Gasteiger partial charge in [-0.05, 0) is 24.1 Å². The lowest BCUT2D eigenvalue weighted by molar-refractivity contribution is -0.00600. The molecule has 2 N–H and O–H groups in total. The number of nitrogens with zero attached hydrogens (tertiary/aromatic N) is 3. The Bertz CT molecular complexity index is 1060. The molecule has 204 valence electrons. The smallest absolute Gasteiger partial charge is 0.407 e. The molecule has 2 aromatic carbocycles. The van der Waals surface area contributed by atoms with Crippen LogP contribution in [-0.2, 0) is 27.9 Å². The van der Waals surface area contributed by atoms with Crippen molar-refractivity contribution in [1.29, 1.82) is 0 Å². The third-order valence-electron chi connectivity index (χ3n) is 6.32. The zero-order valence-electron chi connectivity index (χ0n) is 22.0. The number of hydrogen-bond acceptors (Lipinski definition) is 6. The first-order chi connectivity index (χ1) is 17.6. The quantitative estimate of drug-likeness (QED) is 0.435. The van der Waals surface area contributed by atoms with Gasteiger partial charge in [0.2, 0.25) is 0 Å². The number of piperazine rings is 1. The molecule has 0 bridgehead atoms. The Morgan fingerprint density at radius 3 is 2.11 bits per heavy atom. The molecule has 37 heavy (non-hydrogen) atoms. The van der Waals surface area contributed by atoms with Crippen molar-refractivity contribution < 1.29 is 23.1 Å². The minimum atomic E-state index is -3.79. The summed E-state index contributed by atoms with van der Waals surface area (Å²) in [6.07, 6.45) is -2.56. The van der Waals surface area contributed by atoms with E-state index < -0.39 is 28.5 Å². The van der Waals surface area contributed by atoms with Crippen molar-refractivity contribution in [2.24, 2.45) is 5.92 Å². The van der Waals surface area contributed by atoms with E-state index in [1.54, 1.807) is 0 Å². The summed E-state index contributed by atoms with van der Waals surface area (Å²) in [5.41, 5.74) is 1.79. The Labute approximate surface area is 221 Å². The van der Waals surface area contributed by atoms with Crippen LogP contribution >= 0.6 is 0 Å². The molecule has 0 radical (unpaired) electrons. The summed E-state index contributed by atoms with van der Waals surface area (Å²) in [4.78, 5) is 14.8. The molecule has 1 heterocycles. The van der Waals surface area contributed by atoms with E-state index >= 15 is 0 Å². The second kappa shape index (κ2) is 13.9. The number of alkyl carbamates (subject to hydrolysis) is 1. The summed E-state index contributed by atoms with van der Waals surface area (Å²) >= 11 is 0. The molecule has 0 spiro atoms. The number of ether oxygens (including phenoxy) is 1. The van der Waals surface area contributed by atoms with Crippen LogP contribution in [0.25, 0.3) is 0 Å². The van der Waals surface area contributed by atoms with Gasteiger partial charge in [0.25, 0.3) is 10.2 Å². The second-order valence-corrected chi connectivity index (χ2v) is 11.9. The molecule has 1 amide bonds. The molecule has 1 unspecified atom stereocenters. The van der Waals surface area contributed by atoms with E-state index in [9.17, 15) is 18.3 Å². The predicted molar refractivity (Wildman–Crippen MR) is 144 cm³/mol. The van der Waals surface area contributed by atoms with E-state index in [1.165, 1.54) is 8.61 Å². The number of carbonyl (C=O) groups excluding carboxylic acids is 1. The van der Waals surface area contributed by atoms with Crippen molar-refractivity contribution >= 4 is 16.3 Å². The van der Waals surface area contributed by atoms with Gasteiger partial charge in [0.15, 0.2) is 0 Å². The van der Waals surface area contributed by atoms with Crippen LogP contribution in [0.2, 0.25) is 0 Å². The lowest BCUT2D eigenvalue weighted by Crippen LogP contribution is -2.55. The van der Waals surface area contributed by atoms with Crippen molar-refractivity contribution in [1.82, 2.24) is 18.8 Å². The van der Waals surface area contributed by atoms with E-state index in [0.717, 1.165) is 11.1 Å². The SMILES string of the molecule is CC(C)CN(C[C@@H](O)C(Cc1ccccc1)OC(=O)NCc1ccccc1)S(=O)(=O)N1CCN(C)CC1. The van der Waals surface area contributed by atoms with Crippen molar-refractivity contribution in [2.45, 2.75) is 39.0 Å². The monoisotopic (exact) mass is 532 g/mol. The molecule has 0 saturated carbocycles. The number of hydrogen-bond donors (Lipinski definition) is 2. The average Bonchev–Trinajstić information content (AvgIpc) is 2.88. The first-order valence-electron chi connectivity index (χ1n) is 12.8. The Morgan fingerprint density at radius 1 is 0.973 bits per heavy atom. The highest BCUT2D eigenvalue weighted by atomic mass is 32.2. The summed E-state index contributed by atoms with van der Waals surface area (Å²) in [6.45, 7) is 6.34. The summed E-state index contributed by atoms with van der Waals surface area (Å²) in [6, 6.07) is 18.8. The molecule has 3 rings (SSSR count). The molecule has 0 aromatic heterocycles. The number of amides is 1. The van der Waals surface area contributed by atoms with Gasteiger partial charge in [0.05, 0.1) is 0 Å². The summed E-state index contributed by atoms with van der Waals surface area (Å²) < 4.78 is 35.5. The number of carbonyl (C=O) groups is 1. The van der Waals surface area contributed by atoms with E-state index in [0.29, 0.717) is 26.2 Å². The molecule has 1 aliphatic heterocycles. The fourth-order valence-corrected chi connectivity index (χ4v) is 6.01. The third-order valence-corrected chi connectivity index (χ3v) is 8.29. The Kier molecular flexibility index (Phi) is 10.9. The normalized spacial score (nSPS) is 17.0. The zero-order chi connectivity index (χ0) is 26.8. The lowest BCUT2D eigenvalue weighted by atomic mass is 10.0. The van der Waals surface area contributed by atoms with Crippen LogP contribution in [0.3, 0.4) is 0 Å². The van der Waals surface area contributed by atoms with Crippen LogP contribution in [0, 0.1) is 5.92 Å². The lowest BCUT2D eigenvalue weighted by Gasteiger charge is -2.37. The van der Waals surface area contributed by atoms with E-state index in [1.807, 2.05) is 81.6 Å². The highest BCUT2D eigenvalue weighted by Gasteiger charge is 2.35. The Morgan fingerprint density at radius 2 is 1.54 bits per heavy atom. The molecule has 2 aromatic rings. The van der Waals surface area contributed by atoms with Gasteiger partial charge in [-0.25, -0.2) is 4.79 Å². The maximum Gasteiger partial charge on any atom is 0.407 e. The van der Waals surface area contributed by atoms with Gasteiger partial charge < -0.3 is 20.1 Å². The van der Waals surface area contributed by atoms with Crippen LogP contribution in [0.4, 0.5) is 4.79 Å². The van der Waals surface area contributed by atoms with Gasteiger partial charge in [-0.3, -0.25) is 0 Å². The first kappa shape index (κ1) is 29.1. The predicted octanol–water partition coefficient (Wildman–Crippen LogP) is 2.34. The summed E-state index contributed by atoms with van der Waals surface area (Å²) in [7, 11) is -1.83. The minimum absolute atomic E-state index is 0.0529. The highest BCUT2D eigenvalue weighted by molar-refractivity contribution is 7.86. The Balaban J connectivity index is 1.74. The van der Waals surface area contributed by atoms with Gasteiger partial charge in [-0.1, -0.05) is 74.5 Å². The number of aliphatic hydroxyl groups excluding tert-OH is 1. The molecule has 10 heteroatoms. The number of aliphatic hydroxyl groups is 1. The number of benzene rings is 2. The maximum atomic E-state index is 13.5. The Hall–Kier alpha value is -2.50. The first-order valence-corrected chi connectivity index (χ1v) is 14.2. The van der Waals surface area contributed by atoms with E-state index in [-0.39, 0.29) is 32.0 Å². The number of rotatable bonds is 12. The third kappa shape index (κ3) is 9.08. The minimum Gasteiger partial charge on any atom is -0.443 e. The van der Waals surface area contributed by atoms with Gasteiger partial charge in [0, 0.05) is 52.2 Å². The van der Waals surface area contributed by atoms with Gasteiger partial charge in [-0.2, -0.15) is 17.0 Å². The summed E-state index contributed by atoms with van der Waals surface area (Å²) in [5, 5.41) is 14.0.